The second-order valence-electron chi connectivity index (χ2n) is 15.9. The zero-order valence-corrected chi connectivity index (χ0v) is 35.3. The molecule has 11 atom stereocenters. The van der Waals surface area contributed by atoms with Gasteiger partial charge in [-0.15, -0.1) is 0 Å². The van der Waals surface area contributed by atoms with Gasteiger partial charge in [0, 0.05) is 12.8 Å². The largest absolute Gasteiger partial charge is 0.462 e. The van der Waals surface area contributed by atoms with E-state index in [1.807, 2.05) is 0 Å². The SMILES string of the molecule is CCCCCCCCCCC/C=C/CCCCC(=O)O[C@H](COC(=O)CCCCCCCCC)CO[C@@H]1O[C@H](CO[C@@H]2O[C@H](CO)[C@H](O)C(O)C2O)[C@H](O)C(O)C1O. The Morgan fingerprint density at radius 1 is 0.534 bits per heavy atom. The van der Waals surface area contributed by atoms with Gasteiger partial charge in [-0.05, 0) is 38.5 Å². The number of allylic oxidation sites excluding steroid dienone is 2. The maximum atomic E-state index is 12.9. The van der Waals surface area contributed by atoms with E-state index in [2.05, 4.69) is 26.0 Å². The molecule has 4 unspecified atom stereocenters. The van der Waals surface area contributed by atoms with Crippen LogP contribution in [0.5, 0.6) is 0 Å². The standard InChI is InChI=1S/C43H78O15/c1-3-5-7-9-11-12-13-14-15-16-17-18-20-22-24-26-35(46)56-31(28-53-34(45)25-23-21-19-10-8-6-4-2)29-54-42-41(52)39(50)37(48)33(58-42)30-55-43-40(51)38(49)36(47)32(27-44)57-43/h17-18,31-33,36-44,47-52H,3-16,19-30H2,1-2H3/b18-17+/t31-,32-,33-,36+,37+,38?,39?,40?,41?,42-,43-/m1/s1. The molecule has 15 heteroatoms. The maximum absolute atomic E-state index is 12.9. The van der Waals surface area contributed by atoms with Gasteiger partial charge < -0.3 is 64.2 Å². The van der Waals surface area contributed by atoms with E-state index in [0.29, 0.717) is 12.8 Å². The highest BCUT2D eigenvalue weighted by Crippen LogP contribution is 2.26. The van der Waals surface area contributed by atoms with Crippen LogP contribution in [0.1, 0.15) is 155 Å². The molecule has 0 aromatic rings. The summed E-state index contributed by atoms with van der Waals surface area (Å²) in [5.74, 6) is -0.955. The van der Waals surface area contributed by atoms with Gasteiger partial charge in [0.05, 0.1) is 19.8 Å². The van der Waals surface area contributed by atoms with Gasteiger partial charge in [-0.2, -0.15) is 0 Å². The summed E-state index contributed by atoms with van der Waals surface area (Å²) in [6.07, 6.45) is 10.0. The van der Waals surface area contributed by atoms with Crippen LogP contribution in [0.25, 0.3) is 0 Å². The van der Waals surface area contributed by atoms with Crippen LogP contribution < -0.4 is 0 Å². The van der Waals surface area contributed by atoms with Gasteiger partial charge >= 0.3 is 11.9 Å². The summed E-state index contributed by atoms with van der Waals surface area (Å²) in [7, 11) is 0. The quantitative estimate of drug-likeness (QED) is 0.0278. The number of carbonyl (C=O) groups excluding carboxylic acids is 2. The Morgan fingerprint density at radius 3 is 1.55 bits per heavy atom. The lowest BCUT2D eigenvalue weighted by Gasteiger charge is -2.42. The van der Waals surface area contributed by atoms with Crippen molar-refractivity contribution in [2.75, 3.05) is 26.4 Å². The fraction of sp³-hybridized carbons (Fsp3) is 0.907. The van der Waals surface area contributed by atoms with E-state index in [9.17, 15) is 45.3 Å². The van der Waals surface area contributed by atoms with Crippen LogP contribution in [0.3, 0.4) is 0 Å². The molecule has 0 radical (unpaired) electrons. The van der Waals surface area contributed by atoms with Gasteiger partial charge in [-0.25, -0.2) is 0 Å². The Kier molecular flexibility index (Phi) is 28.9. The van der Waals surface area contributed by atoms with Crippen LogP contribution >= 0.6 is 0 Å². The first-order chi connectivity index (χ1) is 28.0. The van der Waals surface area contributed by atoms with E-state index in [4.69, 9.17) is 28.4 Å². The van der Waals surface area contributed by atoms with Gasteiger partial charge in [0.25, 0.3) is 0 Å². The van der Waals surface area contributed by atoms with E-state index < -0.39 is 92.7 Å². The smallest absolute Gasteiger partial charge is 0.306 e. The molecule has 58 heavy (non-hydrogen) atoms. The normalized spacial score (nSPS) is 28.2. The number of hydrogen-bond acceptors (Lipinski definition) is 15. The number of ether oxygens (including phenoxy) is 6. The molecule has 0 aromatic heterocycles. The fourth-order valence-electron chi connectivity index (χ4n) is 6.97. The average molecular weight is 835 g/mol. The summed E-state index contributed by atoms with van der Waals surface area (Å²) in [4.78, 5) is 25.4. The summed E-state index contributed by atoms with van der Waals surface area (Å²) in [6, 6.07) is 0. The lowest BCUT2D eigenvalue weighted by Crippen LogP contribution is -2.61. The zero-order chi connectivity index (χ0) is 42.5. The molecule has 2 saturated heterocycles. The predicted octanol–water partition coefficient (Wildman–Crippen LogP) is 4.26. The molecule has 15 nitrogen and oxygen atoms in total. The third-order valence-corrected chi connectivity index (χ3v) is 10.7. The molecule has 0 aliphatic carbocycles. The number of aliphatic hydroxyl groups excluding tert-OH is 7. The number of aliphatic hydroxyl groups is 7. The number of esters is 2. The Balaban J connectivity index is 1.85. The minimum Gasteiger partial charge on any atom is -0.462 e. The zero-order valence-electron chi connectivity index (χ0n) is 35.3. The van der Waals surface area contributed by atoms with Crippen molar-refractivity contribution in [1.29, 1.82) is 0 Å². The van der Waals surface area contributed by atoms with E-state index >= 15 is 0 Å². The molecule has 2 fully saturated rings. The first kappa shape index (κ1) is 52.4. The minimum absolute atomic E-state index is 0.138. The molecular formula is C43H78O15. The molecule has 2 aliphatic rings. The first-order valence-corrected chi connectivity index (χ1v) is 22.3. The van der Waals surface area contributed by atoms with Crippen molar-refractivity contribution in [3.05, 3.63) is 12.2 Å². The first-order valence-electron chi connectivity index (χ1n) is 22.3. The molecule has 0 amide bonds. The molecule has 0 aromatic carbocycles. The van der Waals surface area contributed by atoms with Crippen LogP contribution in [0.2, 0.25) is 0 Å². The van der Waals surface area contributed by atoms with Crippen molar-refractivity contribution in [3.63, 3.8) is 0 Å². The van der Waals surface area contributed by atoms with Crippen molar-refractivity contribution >= 4 is 11.9 Å². The van der Waals surface area contributed by atoms with Crippen molar-refractivity contribution in [1.82, 2.24) is 0 Å². The van der Waals surface area contributed by atoms with Gasteiger partial charge in [0.1, 0.15) is 55.4 Å². The highest BCUT2D eigenvalue weighted by atomic mass is 16.7. The Bertz CT molecular complexity index is 1080. The summed E-state index contributed by atoms with van der Waals surface area (Å²) in [5, 5.41) is 71.7. The summed E-state index contributed by atoms with van der Waals surface area (Å²) >= 11 is 0. The van der Waals surface area contributed by atoms with Gasteiger partial charge in [0.2, 0.25) is 0 Å². The summed E-state index contributed by atoms with van der Waals surface area (Å²) in [6.45, 7) is 2.50. The van der Waals surface area contributed by atoms with Crippen molar-refractivity contribution in [2.45, 2.75) is 223 Å². The van der Waals surface area contributed by atoms with Crippen LogP contribution in [0.15, 0.2) is 12.2 Å². The van der Waals surface area contributed by atoms with Gasteiger partial charge in [0.15, 0.2) is 18.7 Å². The lowest BCUT2D eigenvalue weighted by atomic mass is 9.98. The third kappa shape index (κ3) is 21.2. The van der Waals surface area contributed by atoms with Crippen molar-refractivity contribution in [3.8, 4) is 0 Å². The molecule has 2 rings (SSSR count). The highest BCUT2D eigenvalue weighted by Gasteiger charge is 2.47. The van der Waals surface area contributed by atoms with Crippen molar-refractivity contribution in [2.24, 2.45) is 0 Å². The summed E-state index contributed by atoms with van der Waals surface area (Å²) < 4.78 is 33.3. The number of hydrogen-bond donors (Lipinski definition) is 7. The van der Waals surface area contributed by atoms with E-state index in [-0.39, 0.29) is 26.1 Å². The van der Waals surface area contributed by atoms with E-state index in [0.717, 1.165) is 44.9 Å². The van der Waals surface area contributed by atoms with Gasteiger partial charge in [-0.3, -0.25) is 9.59 Å². The molecule has 0 spiro atoms. The minimum atomic E-state index is -1.76. The molecule has 2 heterocycles. The Morgan fingerprint density at radius 2 is 0.983 bits per heavy atom. The van der Waals surface area contributed by atoms with Crippen LogP contribution in [-0.4, -0.2) is 142 Å². The molecule has 0 bridgehead atoms. The maximum Gasteiger partial charge on any atom is 0.306 e. The lowest BCUT2D eigenvalue weighted by molar-refractivity contribution is -0.332. The molecule has 0 saturated carbocycles. The topological polar surface area (TPSA) is 231 Å². The second kappa shape index (κ2) is 32.0. The molecular weight excluding hydrogens is 756 g/mol. The monoisotopic (exact) mass is 835 g/mol. The number of unbranched alkanes of at least 4 members (excludes halogenated alkanes) is 17. The molecule has 7 N–H and O–H groups in total. The Hall–Kier alpha value is -1.76. The van der Waals surface area contributed by atoms with Gasteiger partial charge in [-0.1, -0.05) is 116 Å². The molecule has 2 aliphatic heterocycles. The van der Waals surface area contributed by atoms with Crippen LogP contribution in [0, 0.1) is 0 Å². The molecule has 340 valence electrons. The van der Waals surface area contributed by atoms with Crippen LogP contribution in [-0.2, 0) is 38.0 Å². The fourth-order valence-corrected chi connectivity index (χ4v) is 6.97. The number of rotatable bonds is 33. The van der Waals surface area contributed by atoms with E-state index in [1.165, 1.54) is 70.6 Å². The summed E-state index contributed by atoms with van der Waals surface area (Å²) in [5.41, 5.74) is 0. The third-order valence-electron chi connectivity index (χ3n) is 10.7. The predicted molar refractivity (Wildman–Crippen MR) is 215 cm³/mol. The highest BCUT2D eigenvalue weighted by molar-refractivity contribution is 5.70. The number of carbonyl (C=O) groups is 2. The van der Waals surface area contributed by atoms with Crippen molar-refractivity contribution < 1.29 is 73.8 Å². The van der Waals surface area contributed by atoms with Crippen LogP contribution in [0.4, 0.5) is 0 Å². The second-order valence-corrected chi connectivity index (χ2v) is 15.9. The Labute approximate surface area is 346 Å². The average Bonchev–Trinajstić information content (AvgIpc) is 3.21. The van der Waals surface area contributed by atoms with E-state index in [1.54, 1.807) is 0 Å².